The van der Waals surface area contributed by atoms with Gasteiger partial charge in [0.2, 0.25) is 0 Å². The Morgan fingerprint density at radius 1 is 0.806 bits per heavy atom. The van der Waals surface area contributed by atoms with Gasteiger partial charge in [-0.2, -0.15) is 0 Å². The second-order valence-corrected chi connectivity index (χ2v) is 8.03. The van der Waals surface area contributed by atoms with Crippen molar-refractivity contribution in [3.05, 3.63) is 105 Å². The third-order valence-corrected chi connectivity index (χ3v) is 5.82. The second-order valence-electron chi connectivity index (χ2n) is 8.03. The molecular weight excluding hydrogens is 400 g/mol. The second kappa shape index (κ2) is 8.98. The van der Waals surface area contributed by atoms with E-state index in [4.69, 9.17) is 0 Å². The van der Waals surface area contributed by atoms with Gasteiger partial charge in [-0.15, -0.1) is 0 Å². The van der Waals surface area contributed by atoms with E-state index in [9.17, 15) is 17.6 Å². The molecule has 0 heterocycles. The molecule has 0 N–H and O–H groups in total. The highest BCUT2D eigenvalue weighted by Crippen LogP contribution is 2.35. The average Bonchev–Trinajstić information content (AvgIpc) is 2.74. The Labute approximate surface area is 179 Å². The van der Waals surface area contributed by atoms with Crippen LogP contribution in [0.1, 0.15) is 59.1 Å². The molecule has 1 aliphatic rings. The van der Waals surface area contributed by atoms with Crippen molar-refractivity contribution in [2.45, 2.75) is 44.9 Å². The molecule has 4 heteroatoms. The van der Waals surface area contributed by atoms with Crippen LogP contribution in [0.4, 0.5) is 17.6 Å². The van der Waals surface area contributed by atoms with Gasteiger partial charge in [-0.25, -0.2) is 17.6 Å². The van der Waals surface area contributed by atoms with Crippen molar-refractivity contribution in [3.63, 3.8) is 0 Å². The van der Waals surface area contributed by atoms with Crippen LogP contribution in [0.2, 0.25) is 0 Å². The molecule has 1 aliphatic carbocycles. The molecule has 0 fully saturated rings. The summed E-state index contributed by atoms with van der Waals surface area (Å²) in [5.41, 5.74) is 4.04. The van der Waals surface area contributed by atoms with Crippen LogP contribution in [-0.4, -0.2) is 0 Å². The van der Waals surface area contributed by atoms with Crippen molar-refractivity contribution in [2.24, 2.45) is 0 Å². The van der Waals surface area contributed by atoms with Crippen LogP contribution in [-0.2, 0) is 19.3 Å². The molecule has 0 bridgehead atoms. The van der Waals surface area contributed by atoms with Gasteiger partial charge in [0.25, 0.3) is 0 Å². The minimum absolute atomic E-state index is 0.0155. The van der Waals surface area contributed by atoms with Crippen LogP contribution in [0.15, 0.2) is 48.5 Å². The van der Waals surface area contributed by atoms with E-state index in [1.54, 1.807) is 12.1 Å². The SMILES string of the molecule is CCCc1ccc(C2CCc3cc(C#Cc4ccc(F)c(F)c4)c(F)cc3C2)c(F)c1. The third-order valence-electron chi connectivity index (χ3n) is 5.82. The maximum Gasteiger partial charge on any atom is 0.160 e. The first kappa shape index (κ1) is 21.2. The van der Waals surface area contributed by atoms with Crippen molar-refractivity contribution in [1.82, 2.24) is 0 Å². The van der Waals surface area contributed by atoms with Crippen molar-refractivity contribution in [2.75, 3.05) is 0 Å². The van der Waals surface area contributed by atoms with Gasteiger partial charge in [-0.05, 0) is 90.3 Å². The number of aryl methyl sites for hydroxylation is 2. The highest BCUT2D eigenvalue weighted by Gasteiger charge is 2.24. The fraction of sp³-hybridized carbons (Fsp3) is 0.259. The first-order valence-corrected chi connectivity index (χ1v) is 10.5. The molecule has 0 amide bonds. The van der Waals surface area contributed by atoms with Crippen molar-refractivity contribution >= 4 is 0 Å². The van der Waals surface area contributed by atoms with Gasteiger partial charge in [0.1, 0.15) is 11.6 Å². The lowest BCUT2D eigenvalue weighted by Gasteiger charge is -2.26. The van der Waals surface area contributed by atoms with Gasteiger partial charge < -0.3 is 0 Å². The Balaban J connectivity index is 1.56. The third kappa shape index (κ3) is 4.66. The molecule has 0 aliphatic heterocycles. The monoisotopic (exact) mass is 422 g/mol. The molecule has 0 saturated heterocycles. The summed E-state index contributed by atoms with van der Waals surface area (Å²) in [6.07, 6.45) is 3.88. The van der Waals surface area contributed by atoms with Gasteiger partial charge in [-0.1, -0.05) is 37.3 Å². The Hall–Kier alpha value is -3.06. The average molecular weight is 422 g/mol. The summed E-state index contributed by atoms with van der Waals surface area (Å²) in [5.74, 6) is 2.84. The van der Waals surface area contributed by atoms with E-state index < -0.39 is 17.5 Å². The Morgan fingerprint density at radius 3 is 2.39 bits per heavy atom. The highest BCUT2D eigenvalue weighted by molar-refractivity contribution is 5.48. The van der Waals surface area contributed by atoms with Crippen molar-refractivity contribution in [3.8, 4) is 11.8 Å². The molecule has 4 rings (SSSR count). The minimum atomic E-state index is -0.987. The summed E-state index contributed by atoms with van der Waals surface area (Å²) < 4.78 is 55.7. The number of benzene rings is 3. The predicted octanol–water partition coefficient (Wildman–Crippen LogP) is 6.87. The van der Waals surface area contributed by atoms with Crippen LogP contribution in [0.3, 0.4) is 0 Å². The van der Waals surface area contributed by atoms with Crippen LogP contribution in [0, 0.1) is 35.1 Å². The molecule has 1 unspecified atom stereocenters. The van der Waals surface area contributed by atoms with E-state index in [1.165, 1.54) is 12.1 Å². The van der Waals surface area contributed by atoms with E-state index in [1.807, 2.05) is 12.1 Å². The zero-order valence-electron chi connectivity index (χ0n) is 17.2. The summed E-state index contributed by atoms with van der Waals surface area (Å²) in [6, 6.07) is 12.0. The van der Waals surface area contributed by atoms with Gasteiger partial charge in [0, 0.05) is 5.56 Å². The van der Waals surface area contributed by atoms with Crippen LogP contribution in [0.5, 0.6) is 0 Å². The molecular formula is C27H22F4. The maximum absolute atomic E-state index is 14.7. The standard InChI is InChI=1S/C27H22F4/c1-2-3-17-5-10-23(26(30)12-17)20-9-8-19-14-21(25(29)16-22(19)15-20)7-4-18-6-11-24(28)27(31)13-18/h5-6,10-14,16,20H,2-3,8-9,15H2,1H3. The van der Waals surface area contributed by atoms with Crippen LogP contribution < -0.4 is 0 Å². The number of halogens is 4. The zero-order valence-corrected chi connectivity index (χ0v) is 17.2. The summed E-state index contributed by atoms with van der Waals surface area (Å²) in [7, 11) is 0. The van der Waals surface area contributed by atoms with E-state index in [2.05, 4.69) is 18.8 Å². The Bertz CT molecular complexity index is 1180. The van der Waals surface area contributed by atoms with Crippen LogP contribution in [0.25, 0.3) is 0 Å². The summed E-state index contributed by atoms with van der Waals surface area (Å²) in [4.78, 5) is 0. The van der Waals surface area contributed by atoms with E-state index in [0.29, 0.717) is 18.4 Å². The normalized spacial score (nSPS) is 15.2. The fourth-order valence-corrected chi connectivity index (χ4v) is 4.20. The number of hydrogen-bond donors (Lipinski definition) is 0. The van der Waals surface area contributed by atoms with Crippen molar-refractivity contribution in [1.29, 1.82) is 0 Å². The quantitative estimate of drug-likeness (QED) is 0.319. The van der Waals surface area contributed by atoms with E-state index in [0.717, 1.165) is 48.1 Å². The molecule has 0 spiro atoms. The summed E-state index contributed by atoms with van der Waals surface area (Å²) >= 11 is 0. The predicted molar refractivity (Wildman–Crippen MR) is 114 cm³/mol. The lowest BCUT2D eigenvalue weighted by atomic mass is 9.79. The molecule has 0 saturated carbocycles. The number of hydrogen-bond acceptors (Lipinski definition) is 0. The largest absolute Gasteiger partial charge is 0.207 e. The van der Waals surface area contributed by atoms with Gasteiger partial charge in [-0.3, -0.25) is 0 Å². The van der Waals surface area contributed by atoms with Gasteiger partial charge >= 0.3 is 0 Å². The smallest absolute Gasteiger partial charge is 0.160 e. The zero-order chi connectivity index (χ0) is 22.0. The van der Waals surface area contributed by atoms with Crippen molar-refractivity contribution < 1.29 is 17.6 Å². The van der Waals surface area contributed by atoms with Crippen LogP contribution >= 0.6 is 0 Å². The molecule has 0 nitrogen and oxygen atoms in total. The summed E-state index contributed by atoms with van der Waals surface area (Å²) in [6.45, 7) is 2.06. The number of rotatable bonds is 3. The molecule has 0 radical (unpaired) electrons. The lowest BCUT2D eigenvalue weighted by Crippen LogP contribution is -2.15. The molecule has 3 aromatic carbocycles. The van der Waals surface area contributed by atoms with Gasteiger partial charge in [0.05, 0.1) is 5.56 Å². The molecule has 158 valence electrons. The number of fused-ring (bicyclic) bond motifs is 1. The minimum Gasteiger partial charge on any atom is -0.207 e. The fourth-order valence-electron chi connectivity index (χ4n) is 4.20. The Morgan fingerprint density at radius 2 is 1.65 bits per heavy atom. The molecule has 31 heavy (non-hydrogen) atoms. The molecule has 3 aromatic rings. The molecule has 0 aromatic heterocycles. The summed E-state index contributed by atoms with van der Waals surface area (Å²) in [5, 5.41) is 0. The van der Waals surface area contributed by atoms with E-state index in [-0.39, 0.29) is 22.9 Å². The van der Waals surface area contributed by atoms with E-state index >= 15 is 0 Å². The topological polar surface area (TPSA) is 0 Å². The molecule has 1 atom stereocenters. The Kier molecular flexibility index (Phi) is 6.13. The first-order chi connectivity index (χ1) is 14.9. The lowest BCUT2D eigenvalue weighted by molar-refractivity contribution is 0.508. The highest BCUT2D eigenvalue weighted by atomic mass is 19.2. The first-order valence-electron chi connectivity index (χ1n) is 10.5. The maximum atomic E-state index is 14.7. The van der Waals surface area contributed by atoms with Gasteiger partial charge in [0.15, 0.2) is 11.6 Å².